The number of amides is 1. The predicted molar refractivity (Wildman–Crippen MR) is 99.8 cm³/mol. The van der Waals surface area contributed by atoms with E-state index in [0.29, 0.717) is 21.5 Å². The summed E-state index contributed by atoms with van der Waals surface area (Å²) in [5.41, 5.74) is 0.391. The van der Waals surface area contributed by atoms with E-state index < -0.39 is 5.97 Å². The van der Waals surface area contributed by atoms with Gasteiger partial charge in [-0.25, -0.2) is 14.3 Å². The van der Waals surface area contributed by atoms with E-state index in [9.17, 15) is 9.59 Å². The summed E-state index contributed by atoms with van der Waals surface area (Å²) in [4.78, 5) is 33.6. The Hall–Kier alpha value is -2.46. The van der Waals surface area contributed by atoms with Gasteiger partial charge in [-0.3, -0.25) is 4.79 Å². The Morgan fingerprint density at radius 3 is 2.96 bits per heavy atom. The van der Waals surface area contributed by atoms with Crippen molar-refractivity contribution in [2.45, 2.75) is 25.4 Å². The zero-order chi connectivity index (χ0) is 18.5. The molecule has 0 atom stereocenters. The minimum atomic E-state index is -0.431. The number of hydrogen-bond donors (Lipinski definition) is 1. The fourth-order valence-corrected chi connectivity index (χ4v) is 3.76. The lowest BCUT2D eigenvalue weighted by atomic mass is 10.2. The van der Waals surface area contributed by atoms with Crippen molar-refractivity contribution >= 4 is 45.8 Å². The zero-order valence-corrected chi connectivity index (χ0v) is 15.9. The largest absolute Gasteiger partial charge is 0.462 e. The van der Waals surface area contributed by atoms with E-state index in [0.717, 1.165) is 11.3 Å². The van der Waals surface area contributed by atoms with Gasteiger partial charge in [-0.1, -0.05) is 18.7 Å². The van der Waals surface area contributed by atoms with Gasteiger partial charge in [0.25, 0.3) is 5.78 Å². The van der Waals surface area contributed by atoms with Crippen LogP contribution in [0.4, 0.5) is 5.00 Å². The molecule has 0 aromatic carbocycles. The third-order valence-corrected chi connectivity index (χ3v) is 5.34. The standard InChI is InChI=1S/C16H17N5O3S2/c1-3-10-8-11(14(23)24-4-2)13(26-10)18-12(22)9-25-16-19-15-17-6-5-7-21(15)20-16/h5-8H,3-4,9H2,1-2H3,(H,18,22). The van der Waals surface area contributed by atoms with Crippen LogP contribution in [0.25, 0.3) is 5.78 Å². The first-order valence-electron chi connectivity index (χ1n) is 8.00. The maximum Gasteiger partial charge on any atom is 0.341 e. The van der Waals surface area contributed by atoms with Gasteiger partial charge in [0.05, 0.1) is 17.9 Å². The quantitative estimate of drug-likeness (QED) is 0.488. The highest BCUT2D eigenvalue weighted by Crippen LogP contribution is 2.29. The van der Waals surface area contributed by atoms with Crippen LogP contribution in [0.15, 0.2) is 29.7 Å². The van der Waals surface area contributed by atoms with E-state index in [1.165, 1.54) is 23.1 Å². The topological polar surface area (TPSA) is 98.5 Å². The second-order valence-electron chi connectivity index (χ2n) is 5.13. The van der Waals surface area contributed by atoms with Crippen LogP contribution >= 0.6 is 23.1 Å². The first-order chi connectivity index (χ1) is 12.6. The lowest BCUT2D eigenvalue weighted by Crippen LogP contribution is -2.16. The van der Waals surface area contributed by atoms with Crippen molar-refractivity contribution in [3.8, 4) is 0 Å². The minimum absolute atomic E-state index is 0.124. The molecule has 0 aliphatic rings. The lowest BCUT2D eigenvalue weighted by molar-refractivity contribution is -0.113. The number of nitrogens with zero attached hydrogens (tertiary/aromatic N) is 4. The number of carbonyl (C=O) groups is 2. The van der Waals surface area contributed by atoms with Crippen molar-refractivity contribution in [1.82, 2.24) is 19.6 Å². The summed E-state index contributed by atoms with van der Waals surface area (Å²) >= 11 is 2.58. The van der Waals surface area contributed by atoms with Crippen LogP contribution in [0.5, 0.6) is 0 Å². The summed E-state index contributed by atoms with van der Waals surface area (Å²) < 4.78 is 6.60. The molecule has 0 radical (unpaired) electrons. The van der Waals surface area contributed by atoms with E-state index >= 15 is 0 Å². The Kier molecular flexibility index (Phi) is 5.84. The maximum absolute atomic E-state index is 12.3. The average Bonchev–Trinajstić information content (AvgIpc) is 3.23. The number of aromatic nitrogens is 4. The van der Waals surface area contributed by atoms with Crippen molar-refractivity contribution in [2.75, 3.05) is 17.7 Å². The van der Waals surface area contributed by atoms with Crippen LogP contribution in [-0.4, -0.2) is 43.8 Å². The Labute approximate surface area is 158 Å². The van der Waals surface area contributed by atoms with Gasteiger partial charge >= 0.3 is 5.97 Å². The highest BCUT2D eigenvalue weighted by Gasteiger charge is 2.19. The van der Waals surface area contributed by atoms with Crippen LogP contribution in [0.1, 0.15) is 29.1 Å². The van der Waals surface area contributed by atoms with Gasteiger partial charge in [-0.2, -0.15) is 4.98 Å². The molecule has 3 aromatic rings. The molecular formula is C16H17N5O3S2. The van der Waals surface area contributed by atoms with Gasteiger partial charge in [0.1, 0.15) is 5.00 Å². The van der Waals surface area contributed by atoms with Gasteiger partial charge < -0.3 is 10.1 Å². The normalized spacial score (nSPS) is 10.8. The maximum atomic E-state index is 12.3. The molecule has 0 saturated heterocycles. The second kappa shape index (κ2) is 8.28. The summed E-state index contributed by atoms with van der Waals surface area (Å²) in [7, 11) is 0. The van der Waals surface area contributed by atoms with E-state index in [-0.39, 0.29) is 18.3 Å². The molecule has 0 aliphatic heterocycles. The lowest BCUT2D eigenvalue weighted by Gasteiger charge is -2.05. The molecule has 1 N–H and O–H groups in total. The summed E-state index contributed by atoms with van der Waals surface area (Å²) in [5.74, 6) is -0.0689. The minimum Gasteiger partial charge on any atom is -0.462 e. The van der Waals surface area contributed by atoms with Crippen LogP contribution in [-0.2, 0) is 16.0 Å². The number of nitrogens with one attached hydrogen (secondary N) is 1. The number of rotatable bonds is 7. The predicted octanol–water partition coefficient (Wildman–Crippen LogP) is 2.66. The van der Waals surface area contributed by atoms with E-state index in [1.54, 1.807) is 36.0 Å². The molecule has 0 unspecified atom stereocenters. The average molecular weight is 391 g/mol. The first-order valence-corrected chi connectivity index (χ1v) is 9.80. The van der Waals surface area contributed by atoms with Gasteiger partial charge in [0.15, 0.2) is 0 Å². The molecule has 0 saturated carbocycles. The number of aryl methyl sites for hydroxylation is 1. The summed E-state index contributed by atoms with van der Waals surface area (Å²) in [6.45, 7) is 4.02. The Bertz CT molecular complexity index is 904. The Morgan fingerprint density at radius 2 is 2.23 bits per heavy atom. The summed E-state index contributed by atoms with van der Waals surface area (Å²) in [6, 6.07) is 3.52. The molecule has 3 rings (SSSR count). The van der Waals surface area contributed by atoms with Crippen molar-refractivity contribution < 1.29 is 14.3 Å². The molecular weight excluding hydrogens is 374 g/mol. The molecule has 10 heteroatoms. The molecule has 3 aromatic heterocycles. The van der Waals surface area contributed by atoms with E-state index in [2.05, 4.69) is 20.4 Å². The highest BCUT2D eigenvalue weighted by atomic mass is 32.2. The molecule has 26 heavy (non-hydrogen) atoms. The second-order valence-corrected chi connectivity index (χ2v) is 7.20. The molecule has 3 heterocycles. The number of ether oxygens (including phenoxy) is 1. The molecule has 0 bridgehead atoms. The number of thioether (sulfide) groups is 1. The third kappa shape index (κ3) is 4.20. The molecule has 8 nitrogen and oxygen atoms in total. The summed E-state index contributed by atoms with van der Waals surface area (Å²) in [5, 5.41) is 7.99. The Balaban J connectivity index is 1.65. The summed E-state index contributed by atoms with van der Waals surface area (Å²) in [6.07, 6.45) is 4.15. The van der Waals surface area contributed by atoms with Gasteiger partial charge in [-0.05, 0) is 25.5 Å². The molecule has 0 spiro atoms. The molecule has 1 amide bonds. The molecule has 0 fully saturated rings. The van der Waals surface area contributed by atoms with Crippen molar-refractivity contribution in [1.29, 1.82) is 0 Å². The van der Waals surface area contributed by atoms with Crippen LogP contribution in [0, 0.1) is 0 Å². The number of esters is 1. The molecule has 136 valence electrons. The van der Waals surface area contributed by atoms with Crippen LogP contribution < -0.4 is 5.32 Å². The fourth-order valence-electron chi connectivity index (χ4n) is 2.14. The van der Waals surface area contributed by atoms with E-state index in [1.807, 2.05) is 6.92 Å². The molecule has 0 aliphatic carbocycles. The van der Waals surface area contributed by atoms with Crippen LogP contribution in [0.3, 0.4) is 0 Å². The zero-order valence-electron chi connectivity index (χ0n) is 14.3. The fraction of sp³-hybridized carbons (Fsp3) is 0.312. The smallest absolute Gasteiger partial charge is 0.341 e. The number of anilines is 1. The first kappa shape index (κ1) is 18.3. The third-order valence-electron chi connectivity index (χ3n) is 3.31. The monoisotopic (exact) mass is 391 g/mol. The van der Waals surface area contributed by atoms with Crippen molar-refractivity contribution in [2.24, 2.45) is 0 Å². The van der Waals surface area contributed by atoms with Crippen molar-refractivity contribution in [3.05, 3.63) is 35.0 Å². The number of carbonyl (C=O) groups excluding carboxylic acids is 2. The number of thiophene rings is 1. The Morgan fingerprint density at radius 1 is 1.38 bits per heavy atom. The SMILES string of the molecule is CCOC(=O)c1cc(CC)sc1NC(=O)CSc1nc2ncccn2n1. The van der Waals surface area contributed by atoms with Gasteiger partial charge in [0, 0.05) is 17.3 Å². The number of fused-ring (bicyclic) bond motifs is 1. The van der Waals surface area contributed by atoms with Gasteiger partial charge in [0.2, 0.25) is 11.1 Å². The highest BCUT2D eigenvalue weighted by molar-refractivity contribution is 7.99. The van der Waals surface area contributed by atoms with Gasteiger partial charge in [-0.15, -0.1) is 16.4 Å². The van der Waals surface area contributed by atoms with Crippen molar-refractivity contribution in [3.63, 3.8) is 0 Å². The van der Waals surface area contributed by atoms with Crippen LogP contribution in [0.2, 0.25) is 0 Å². The number of hydrogen-bond acceptors (Lipinski definition) is 8. The van der Waals surface area contributed by atoms with E-state index in [4.69, 9.17) is 4.74 Å².